The van der Waals surface area contributed by atoms with E-state index in [1.54, 1.807) is 15.8 Å². The van der Waals surface area contributed by atoms with Gasteiger partial charge in [0.2, 0.25) is 0 Å². The molecular weight excluding hydrogens is 120 g/mol. The lowest BCUT2D eigenvalue weighted by Gasteiger charge is -1.92. The van der Waals surface area contributed by atoms with Crippen LogP contribution in [0.4, 0.5) is 0 Å². The molecular formula is C3H14Si3. The zero-order valence-corrected chi connectivity index (χ0v) is 9.56. The molecule has 0 amide bonds. The molecule has 0 bridgehead atoms. The number of hydrogen-bond donors (Lipinski definition) is 0. The first kappa shape index (κ1) is 6.65. The Morgan fingerprint density at radius 2 is 2.33 bits per heavy atom. The molecule has 0 fully saturated rings. The van der Waals surface area contributed by atoms with Gasteiger partial charge in [0.25, 0.3) is 0 Å². The minimum Gasteiger partial charge on any atom is -0.0768 e. The second-order valence-corrected chi connectivity index (χ2v) is 24.0. The Bertz CT molecular complexity index is 27.2. The Balaban J connectivity index is 2.63. The largest absolute Gasteiger partial charge is 0.0768 e. The molecule has 0 aromatic rings. The van der Waals surface area contributed by atoms with Crippen LogP contribution in [-0.2, 0) is 0 Å². The van der Waals surface area contributed by atoms with Gasteiger partial charge in [0.1, 0.15) is 0 Å². The Kier molecular flexibility index (Phi) is 4.24. The Labute approximate surface area is 46.8 Å². The molecule has 0 rings (SSSR count). The molecule has 0 aromatic carbocycles. The van der Waals surface area contributed by atoms with Crippen LogP contribution in [0.25, 0.3) is 0 Å². The van der Waals surface area contributed by atoms with Gasteiger partial charge < -0.3 is 0 Å². The second-order valence-electron chi connectivity index (χ2n) is 2.18. The van der Waals surface area contributed by atoms with E-state index in [0.717, 1.165) is 0 Å². The summed E-state index contributed by atoms with van der Waals surface area (Å²) < 4.78 is 0. The zero-order valence-electron chi connectivity index (χ0n) is 4.99. The average molecular weight is 134 g/mol. The molecule has 0 spiro atoms. The Hall–Kier alpha value is 0.651. The topological polar surface area (TPSA) is 0 Å². The Morgan fingerprint density at radius 3 is 2.33 bits per heavy atom. The van der Waals surface area contributed by atoms with Crippen LogP contribution in [0.1, 0.15) is 6.92 Å². The van der Waals surface area contributed by atoms with Gasteiger partial charge in [0, 0.05) is 16.9 Å². The first-order valence-electron chi connectivity index (χ1n) is 2.77. The molecule has 0 aliphatic rings. The van der Waals surface area contributed by atoms with E-state index >= 15 is 0 Å². The van der Waals surface area contributed by atoms with Crippen molar-refractivity contribution in [2.75, 3.05) is 0 Å². The maximum atomic E-state index is 2.52. The molecule has 1 unspecified atom stereocenters. The fourth-order valence-corrected chi connectivity index (χ4v) is 10.4. The molecule has 0 aromatic heterocycles. The van der Waals surface area contributed by atoms with E-state index in [9.17, 15) is 0 Å². The van der Waals surface area contributed by atoms with Crippen molar-refractivity contribution in [3.05, 3.63) is 0 Å². The van der Waals surface area contributed by atoms with Gasteiger partial charge in [-0.2, -0.15) is 0 Å². The van der Waals surface area contributed by atoms with Crippen molar-refractivity contribution in [2.24, 2.45) is 0 Å². The lowest BCUT2D eigenvalue weighted by atomic mass is 11.0. The fourth-order valence-electron chi connectivity index (χ4n) is 0.577. The van der Waals surface area contributed by atoms with E-state index < -0.39 is 0 Å². The maximum Gasteiger partial charge on any atom is 0.00775 e. The predicted molar refractivity (Wildman–Crippen MR) is 42.0 cm³/mol. The summed E-state index contributed by atoms with van der Waals surface area (Å²) in [5.74, 6) is 0. The van der Waals surface area contributed by atoms with Crippen LogP contribution in [0.5, 0.6) is 0 Å². The molecule has 0 nitrogen and oxygen atoms in total. The van der Waals surface area contributed by atoms with Gasteiger partial charge in [0.05, 0.1) is 0 Å². The van der Waals surface area contributed by atoms with Crippen LogP contribution in [-0.4, -0.2) is 26.6 Å². The molecule has 6 heavy (non-hydrogen) atoms. The summed E-state index contributed by atoms with van der Waals surface area (Å²) in [6.07, 6.45) is 0. The van der Waals surface area contributed by atoms with E-state index in [4.69, 9.17) is 0 Å². The molecule has 38 valence electrons. The minimum atomic E-state index is 0.107. The molecule has 0 N–H and O–H groups in total. The second kappa shape index (κ2) is 3.83. The monoisotopic (exact) mass is 134 g/mol. The highest BCUT2D eigenvalue weighted by atomic mass is 29.5. The summed E-state index contributed by atoms with van der Waals surface area (Å²) in [6.45, 7) is 4.86. The highest BCUT2D eigenvalue weighted by Crippen LogP contribution is 1.74. The molecule has 3 heteroatoms. The van der Waals surface area contributed by atoms with Crippen LogP contribution < -0.4 is 0 Å². The van der Waals surface area contributed by atoms with Crippen molar-refractivity contribution in [2.45, 2.75) is 19.5 Å². The van der Waals surface area contributed by atoms with Crippen LogP contribution in [0.15, 0.2) is 0 Å². The van der Waals surface area contributed by atoms with Gasteiger partial charge in [-0.15, -0.1) is 0 Å². The Morgan fingerprint density at radius 1 is 1.83 bits per heavy atom. The van der Waals surface area contributed by atoms with E-state index in [0.29, 0.717) is 9.04 Å². The summed E-state index contributed by atoms with van der Waals surface area (Å²) in [4.78, 5) is 0. The van der Waals surface area contributed by atoms with Crippen molar-refractivity contribution in [3.63, 3.8) is 0 Å². The average Bonchev–Trinajstić information content (AvgIpc) is 1.35. The third kappa shape index (κ3) is 4.65. The van der Waals surface area contributed by atoms with Gasteiger partial charge in [-0.1, -0.05) is 19.5 Å². The summed E-state index contributed by atoms with van der Waals surface area (Å²) in [6, 6.07) is 1.57. The van der Waals surface area contributed by atoms with Crippen LogP contribution in [0.3, 0.4) is 0 Å². The van der Waals surface area contributed by atoms with Gasteiger partial charge in [-0.3, -0.25) is 0 Å². The molecule has 0 aliphatic heterocycles. The predicted octanol–water partition coefficient (Wildman–Crippen LogP) is -1.19. The quantitative estimate of drug-likeness (QED) is 0.417. The minimum absolute atomic E-state index is 0.107. The highest BCUT2D eigenvalue weighted by molar-refractivity contribution is 7.34. The highest BCUT2D eigenvalue weighted by Gasteiger charge is 1.89. The van der Waals surface area contributed by atoms with Crippen molar-refractivity contribution in [1.82, 2.24) is 0 Å². The SMILES string of the molecule is CC[SiH2][SiH](C)[SiH3]. The van der Waals surface area contributed by atoms with Gasteiger partial charge >= 0.3 is 0 Å². The number of rotatable bonds is 2. The standard InChI is InChI=1S/C3H14Si3/c1-3-5-6(2)4/h6H,3,5H2,1-2,4H3. The van der Waals surface area contributed by atoms with Crippen molar-refractivity contribution in [3.8, 4) is 0 Å². The van der Waals surface area contributed by atoms with Crippen LogP contribution in [0, 0.1) is 0 Å². The molecule has 0 heterocycles. The van der Waals surface area contributed by atoms with Crippen LogP contribution >= 0.6 is 0 Å². The summed E-state index contributed by atoms with van der Waals surface area (Å²) in [7, 11) is 2.24. The maximum absolute atomic E-state index is 2.52. The van der Waals surface area contributed by atoms with Gasteiger partial charge in [0.15, 0.2) is 0 Å². The van der Waals surface area contributed by atoms with Gasteiger partial charge in [-0.25, -0.2) is 0 Å². The zero-order chi connectivity index (χ0) is 4.99. The molecule has 1 atom stereocenters. The van der Waals surface area contributed by atoms with Crippen molar-refractivity contribution < 1.29 is 0 Å². The smallest absolute Gasteiger partial charge is 0.00775 e. The van der Waals surface area contributed by atoms with E-state index in [1.807, 2.05) is 0 Å². The molecule has 0 saturated heterocycles. The van der Waals surface area contributed by atoms with Crippen LogP contribution in [0.2, 0.25) is 12.6 Å². The van der Waals surface area contributed by atoms with E-state index in [-0.39, 0.29) is 7.83 Å². The molecule has 0 aliphatic carbocycles. The van der Waals surface area contributed by atoms with Crippen molar-refractivity contribution >= 4 is 26.6 Å². The third-order valence-electron chi connectivity index (χ3n) is 0.866. The normalized spacial score (nSPS) is 17.0. The van der Waals surface area contributed by atoms with Gasteiger partial charge in [-0.05, 0) is 9.76 Å². The number of hydrogen-bond acceptors (Lipinski definition) is 0. The lowest BCUT2D eigenvalue weighted by molar-refractivity contribution is 1.47. The van der Waals surface area contributed by atoms with Crippen molar-refractivity contribution in [1.29, 1.82) is 0 Å². The van der Waals surface area contributed by atoms with E-state index in [1.165, 1.54) is 0 Å². The first-order chi connectivity index (χ1) is 2.77. The third-order valence-corrected chi connectivity index (χ3v) is 13.0. The first-order valence-corrected chi connectivity index (χ1v) is 12.8. The lowest BCUT2D eigenvalue weighted by Crippen LogP contribution is -2.16. The van der Waals surface area contributed by atoms with E-state index in [2.05, 4.69) is 13.5 Å². The molecule has 0 saturated carbocycles. The summed E-state index contributed by atoms with van der Waals surface area (Å²) in [5, 5.41) is 0. The fraction of sp³-hybridized carbons (Fsp3) is 1.00. The molecule has 0 radical (unpaired) electrons. The summed E-state index contributed by atoms with van der Waals surface area (Å²) in [5.41, 5.74) is 0. The summed E-state index contributed by atoms with van der Waals surface area (Å²) >= 11 is 0.